The molecule has 1 N–H and O–H groups in total. The van der Waals surface area contributed by atoms with E-state index < -0.39 is 0 Å². The van der Waals surface area contributed by atoms with E-state index in [1.54, 1.807) is 29.5 Å². The van der Waals surface area contributed by atoms with Crippen LogP contribution in [-0.2, 0) is 6.54 Å². The minimum absolute atomic E-state index is 0.0336. The molecule has 0 amide bonds. The maximum absolute atomic E-state index is 11.4. The molecule has 3 rings (SSSR count). The smallest absolute Gasteiger partial charge is 0.180 e. The zero-order valence-electron chi connectivity index (χ0n) is 9.93. The van der Waals surface area contributed by atoms with E-state index in [9.17, 15) is 4.79 Å². The van der Waals surface area contributed by atoms with Crippen LogP contribution in [-0.4, -0.2) is 12.0 Å². The SMILES string of the molecule is CNCc1ccc2nc3ccc(=O)cc-3sc2c1. The highest BCUT2D eigenvalue weighted by molar-refractivity contribution is 7.21. The third-order valence-corrected chi connectivity index (χ3v) is 3.89. The van der Waals surface area contributed by atoms with Crippen molar-refractivity contribution < 1.29 is 0 Å². The molecule has 0 bridgehead atoms. The molecule has 2 aliphatic rings. The first-order chi connectivity index (χ1) is 8.76. The third-order valence-electron chi connectivity index (χ3n) is 2.80. The molecule has 0 atom stereocenters. The molecule has 0 saturated heterocycles. The van der Waals surface area contributed by atoms with Gasteiger partial charge in [-0.25, -0.2) is 4.98 Å². The summed E-state index contributed by atoms with van der Waals surface area (Å²) in [6, 6.07) is 11.2. The van der Waals surface area contributed by atoms with E-state index in [0.717, 1.165) is 27.3 Å². The van der Waals surface area contributed by atoms with E-state index >= 15 is 0 Å². The molecule has 18 heavy (non-hydrogen) atoms. The van der Waals surface area contributed by atoms with Crippen molar-refractivity contribution in [2.75, 3.05) is 7.05 Å². The third kappa shape index (κ3) is 2.00. The van der Waals surface area contributed by atoms with Crippen molar-refractivity contribution in [2.24, 2.45) is 0 Å². The van der Waals surface area contributed by atoms with Crippen LogP contribution >= 0.6 is 11.3 Å². The zero-order valence-corrected chi connectivity index (χ0v) is 10.8. The fraction of sp³-hybridized carbons (Fsp3) is 0.143. The van der Waals surface area contributed by atoms with E-state index in [0.29, 0.717) is 0 Å². The van der Waals surface area contributed by atoms with Crippen molar-refractivity contribution in [1.82, 2.24) is 10.3 Å². The molecule has 0 aromatic heterocycles. The standard InChI is InChI=1S/C14H12N2OS/c1-15-8-9-2-4-11-13(6-9)18-14-7-10(17)3-5-12(14)16-11/h2-7,15H,8H2,1H3. The van der Waals surface area contributed by atoms with Gasteiger partial charge in [-0.2, -0.15) is 0 Å². The summed E-state index contributed by atoms with van der Waals surface area (Å²) in [6.45, 7) is 0.836. The van der Waals surface area contributed by atoms with Gasteiger partial charge in [0.05, 0.1) is 20.8 Å². The number of hydrogen-bond donors (Lipinski definition) is 1. The molecule has 0 fully saturated rings. The van der Waals surface area contributed by atoms with Crippen LogP contribution in [0.3, 0.4) is 0 Å². The molecular weight excluding hydrogens is 244 g/mol. The van der Waals surface area contributed by atoms with E-state index in [1.165, 1.54) is 5.56 Å². The minimum Gasteiger partial charge on any atom is -0.316 e. The van der Waals surface area contributed by atoms with Gasteiger partial charge in [0.15, 0.2) is 5.43 Å². The number of nitrogens with zero attached hydrogens (tertiary/aromatic N) is 1. The van der Waals surface area contributed by atoms with Crippen LogP contribution in [0.1, 0.15) is 5.56 Å². The highest BCUT2D eigenvalue weighted by atomic mass is 32.1. The zero-order chi connectivity index (χ0) is 12.5. The Morgan fingerprint density at radius 1 is 1.22 bits per heavy atom. The molecule has 0 saturated carbocycles. The van der Waals surface area contributed by atoms with Crippen LogP contribution in [0.25, 0.3) is 20.8 Å². The quantitative estimate of drug-likeness (QED) is 0.716. The largest absolute Gasteiger partial charge is 0.316 e. The predicted octanol–water partition coefficient (Wildman–Crippen LogP) is 2.48. The predicted molar refractivity (Wildman–Crippen MR) is 75.3 cm³/mol. The van der Waals surface area contributed by atoms with Crippen molar-refractivity contribution >= 4 is 21.6 Å². The van der Waals surface area contributed by atoms with Crippen molar-refractivity contribution in [3.8, 4) is 10.6 Å². The molecular formula is C14H12N2OS. The molecule has 0 unspecified atom stereocenters. The number of aromatic nitrogens is 1. The van der Waals surface area contributed by atoms with Gasteiger partial charge in [-0.15, -0.1) is 11.3 Å². The summed E-state index contributed by atoms with van der Waals surface area (Å²) in [6.07, 6.45) is 0. The highest BCUT2D eigenvalue weighted by Gasteiger charge is 2.07. The normalized spacial score (nSPS) is 11.2. The molecule has 1 aliphatic carbocycles. The Balaban J connectivity index is 2.26. The fourth-order valence-corrected chi connectivity index (χ4v) is 3.02. The van der Waals surface area contributed by atoms with Crippen LogP contribution in [0.15, 0.2) is 41.2 Å². The molecule has 1 aliphatic heterocycles. The maximum atomic E-state index is 11.4. The number of hydrogen-bond acceptors (Lipinski definition) is 4. The second-order valence-electron chi connectivity index (χ2n) is 4.18. The van der Waals surface area contributed by atoms with Crippen LogP contribution in [0, 0.1) is 0 Å². The van der Waals surface area contributed by atoms with Gasteiger partial charge in [0, 0.05) is 12.6 Å². The van der Waals surface area contributed by atoms with E-state index in [1.807, 2.05) is 13.1 Å². The lowest BCUT2D eigenvalue weighted by molar-refractivity contribution is 0.819. The van der Waals surface area contributed by atoms with E-state index in [2.05, 4.69) is 22.4 Å². The van der Waals surface area contributed by atoms with Gasteiger partial charge < -0.3 is 5.32 Å². The Morgan fingerprint density at radius 2 is 2.11 bits per heavy atom. The van der Waals surface area contributed by atoms with Gasteiger partial charge in [-0.05, 0) is 36.9 Å². The van der Waals surface area contributed by atoms with Crippen molar-refractivity contribution in [3.63, 3.8) is 0 Å². The van der Waals surface area contributed by atoms with Crippen molar-refractivity contribution in [1.29, 1.82) is 0 Å². The summed E-state index contributed by atoms with van der Waals surface area (Å²) in [5.74, 6) is 0. The molecule has 0 spiro atoms. The monoisotopic (exact) mass is 256 g/mol. The summed E-state index contributed by atoms with van der Waals surface area (Å²) in [7, 11) is 1.93. The average Bonchev–Trinajstić information content (AvgIpc) is 2.36. The summed E-state index contributed by atoms with van der Waals surface area (Å²) in [4.78, 5) is 16.9. The number of nitrogens with one attached hydrogen (secondary N) is 1. The van der Waals surface area contributed by atoms with Gasteiger partial charge >= 0.3 is 0 Å². The lowest BCUT2D eigenvalue weighted by atomic mass is 10.2. The second-order valence-corrected chi connectivity index (χ2v) is 5.26. The fourth-order valence-electron chi connectivity index (χ4n) is 1.96. The molecule has 4 heteroatoms. The van der Waals surface area contributed by atoms with E-state index in [4.69, 9.17) is 0 Å². The van der Waals surface area contributed by atoms with Crippen LogP contribution in [0.2, 0.25) is 0 Å². The van der Waals surface area contributed by atoms with Crippen LogP contribution in [0.5, 0.6) is 0 Å². The number of fused-ring (bicyclic) bond motifs is 2. The summed E-state index contributed by atoms with van der Waals surface area (Å²) < 4.78 is 1.11. The van der Waals surface area contributed by atoms with Gasteiger partial charge in [0.25, 0.3) is 0 Å². The minimum atomic E-state index is 0.0336. The van der Waals surface area contributed by atoms with Crippen molar-refractivity contribution in [3.05, 3.63) is 52.2 Å². The van der Waals surface area contributed by atoms with Gasteiger partial charge in [-0.1, -0.05) is 6.07 Å². The summed E-state index contributed by atoms with van der Waals surface area (Å²) in [5.41, 5.74) is 3.12. The molecule has 3 nitrogen and oxygen atoms in total. The van der Waals surface area contributed by atoms with Crippen LogP contribution in [0.4, 0.5) is 0 Å². The number of rotatable bonds is 2. The first kappa shape index (κ1) is 11.3. The molecule has 1 aromatic carbocycles. The topological polar surface area (TPSA) is 42.0 Å². The lowest BCUT2D eigenvalue weighted by Gasteiger charge is -2.06. The Labute approximate surface area is 108 Å². The van der Waals surface area contributed by atoms with Gasteiger partial charge in [0.2, 0.25) is 0 Å². The molecule has 1 heterocycles. The Kier molecular flexibility index (Phi) is 2.81. The Hall–Kier alpha value is -1.78. The van der Waals surface area contributed by atoms with Gasteiger partial charge in [0.1, 0.15) is 0 Å². The Morgan fingerprint density at radius 3 is 2.94 bits per heavy atom. The maximum Gasteiger partial charge on any atom is 0.180 e. The average molecular weight is 256 g/mol. The molecule has 1 aromatic rings. The first-order valence-corrected chi connectivity index (χ1v) is 6.56. The summed E-state index contributed by atoms with van der Waals surface area (Å²) in [5, 5.41) is 3.13. The van der Waals surface area contributed by atoms with Crippen LogP contribution < -0.4 is 10.7 Å². The molecule has 0 radical (unpaired) electrons. The second kappa shape index (κ2) is 4.48. The van der Waals surface area contributed by atoms with E-state index in [-0.39, 0.29) is 5.43 Å². The Bertz CT molecular complexity index is 735. The lowest BCUT2D eigenvalue weighted by Crippen LogP contribution is -2.04. The van der Waals surface area contributed by atoms with Gasteiger partial charge in [-0.3, -0.25) is 4.79 Å². The highest BCUT2D eigenvalue weighted by Crippen LogP contribution is 2.29. The molecule has 90 valence electrons. The van der Waals surface area contributed by atoms with Crippen molar-refractivity contribution in [2.45, 2.75) is 6.54 Å². The first-order valence-electron chi connectivity index (χ1n) is 5.74. The number of benzene rings is 2. The summed E-state index contributed by atoms with van der Waals surface area (Å²) >= 11 is 1.62.